The smallest absolute Gasteiger partial charge is 0.326 e. The van der Waals surface area contributed by atoms with Crippen LogP contribution in [0, 0.1) is 0 Å². The molecule has 21 heavy (non-hydrogen) atoms. The summed E-state index contributed by atoms with van der Waals surface area (Å²) in [4.78, 5) is 27.7. The van der Waals surface area contributed by atoms with Gasteiger partial charge in [0.1, 0.15) is 6.04 Å². The Bertz CT molecular complexity index is 388. The average molecular weight is 297 g/mol. The molecule has 2 heterocycles. The number of carboxylic acid groups (broad SMARTS) is 1. The van der Waals surface area contributed by atoms with E-state index in [-0.39, 0.29) is 6.03 Å². The van der Waals surface area contributed by atoms with Gasteiger partial charge in [-0.1, -0.05) is 19.8 Å². The van der Waals surface area contributed by atoms with E-state index in [2.05, 4.69) is 17.3 Å². The number of urea groups is 1. The number of carboxylic acids is 1. The zero-order chi connectivity index (χ0) is 15.4. The number of nitrogens with one attached hydrogen (secondary N) is 1. The summed E-state index contributed by atoms with van der Waals surface area (Å²) in [7, 11) is 2.13. The minimum atomic E-state index is -0.940. The highest BCUT2D eigenvalue weighted by atomic mass is 16.4. The fourth-order valence-corrected chi connectivity index (χ4v) is 3.40. The fourth-order valence-electron chi connectivity index (χ4n) is 3.40. The fraction of sp³-hybridized carbons (Fsp3) is 0.867. The van der Waals surface area contributed by atoms with Crippen molar-refractivity contribution in [2.24, 2.45) is 0 Å². The minimum absolute atomic E-state index is 0.223. The molecule has 0 aliphatic carbocycles. The van der Waals surface area contributed by atoms with Crippen LogP contribution in [0.2, 0.25) is 0 Å². The van der Waals surface area contributed by atoms with Crippen LogP contribution in [-0.4, -0.2) is 65.2 Å². The molecule has 0 spiro atoms. The van der Waals surface area contributed by atoms with Gasteiger partial charge < -0.3 is 15.3 Å². The van der Waals surface area contributed by atoms with Crippen molar-refractivity contribution in [3.63, 3.8) is 0 Å². The Hall–Kier alpha value is -1.30. The molecule has 2 bridgehead atoms. The highest BCUT2D eigenvalue weighted by Crippen LogP contribution is 2.28. The van der Waals surface area contributed by atoms with E-state index in [0.29, 0.717) is 25.0 Å². The molecule has 0 radical (unpaired) electrons. The Morgan fingerprint density at radius 2 is 2.00 bits per heavy atom. The normalized spacial score (nSPS) is 27.2. The van der Waals surface area contributed by atoms with Crippen LogP contribution >= 0.6 is 0 Å². The largest absolute Gasteiger partial charge is 0.480 e. The monoisotopic (exact) mass is 297 g/mol. The molecule has 2 aliphatic heterocycles. The van der Waals surface area contributed by atoms with Gasteiger partial charge in [-0.25, -0.2) is 9.59 Å². The first-order valence-corrected chi connectivity index (χ1v) is 8.03. The number of rotatable bonds is 5. The highest BCUT2D eigenvalue weighted by molar-refractivity contribution is 5.82. The average Bonchev–Trinajstić information content (AvgIpc) is 2.67. The molecule has 2 N–H and O–H groups in total. The second kappa shape index (κ2) is 7.11. The standard InChI is InChI=1S/C15H27N3O3/c1-3-4-5-13(14(19)20)16-15(21)18-9-8-11-6-7-12(10-18)17(11)2/h11-13H,3-10H2,1-2H3,(H,16,21)(H,19,20)/t11?,12?,13-/m0/s1. The van der Waals surface area contributed by atoms with Crippen LogP contribution in [0.15, 0.2) is 0 Å². The maximum absolute atomic E-state index is 12.3. The van der Waals surface area contributed by atoms with E-state index in [4.69, 9.17) is 0 Å². The first-order valence-electron chi connectivity index (χ1n) is 8.03. The van der Waals surface area contributed by atoms with Gasteiger partial charge in [0.2, 0.25) is 0 Å². The molecule has 0 aromatic carbocycles. The SMILES string of the molecule is CCCC[C@H](NC(=O)N1CCC2CCC(C1)N2C)C(=O)O. The summed E-state index contributed by atoms with van der Waals surface area (Å²) in [6.45, 7) is 3.44. The van der Waals surface area contributed by atoms with Crippen molar-refractivity contribution >= 4 is 12.0 Å². The van der Waals surface area contributed by atoms with Crippen LogP contribution < -0.4 is 5.32 Å². The van der Waals surface area contributed by atoms with E-state index in [1.54, 1.807) is 4.90 Å². The molecule has 2 rings (SSSR count). The molecule has 2 aliphatic rings. The van der Waals surface area contributed by atoms with Crippen LogP contribution in [0.25, 0.3) is 0 Å². The second-order valence-corrected chi connectivity index (χ2v) is 6.27. The first kappa shape index (κ1) is 16.1. The van der Waals surface area contributed by atoms with Crippen molar-refractivity contribution in [3.8, 4) is 0 Å². The van der Waals surface area contributed by atoms with Crippen LogP contribution in [-0.2, 0) is 4.79 Å². The quantitative estimate of drug-likeness (QED) is 0.807. The van der Waals surface area contributed by atoms with Crippen molar-refractivity contribution in [2.45, 2.75) is 63.6 Å². The summed E-state index contributed by atoms with van der Waals surface area (Å²) < 4.78 is 0. The lowest BCUT2D eigenvalue weighted by Crippen LogP contribution is -2.50. The topological polar surface area (TPSA) is 72.9 Å². The van der Waals surface area contributed by atoms with Crippen LogP contribution in [0.3, 0.4) is 0 Å². The molecule has 2 amide bonds. The van der Waals surface area contributed by atoms with Gasteiger partial charge >= 0.3 is 12.0 Å². The molecular weight excluding hydrogens is 270 g/mol. The molecule has 0 aromatic heterocycles. The summed E-state index contributed by atoms with van der Waals surface area (Å²) in [6, 6.07) is 0.000375. The first-order chi connectivity index (χ1) is 10.0. The molecule has 0 saturated carbocycles. The van der Waals surface area contributed by atoms with Gasteiger partial charge in [-0.3, -0.25) is 4.90 Å². The minimum Gasteiger partial charge on any atom is -0.480 e. The highest BCUT2D eigenvalue weighted by Gasteiger charge is 2.36. The number of aliphatic carboxylic acids is 1. The van der Waals surface area contributed by atoms with E-state index in [0.717, 1.165) is 32.2 Å². The van der Waals surface area contributed by atoms with Crippen molar-refractivity contribution in [1.82, 2.24) is 15.1 Å². The summed E-state index contributed by atoms with van der Waals surface area (Å²) in [5.74, 6) is -0.940. The number of likely N-dealkylation sites (N-methyl/N-ethyl adjacent to an activating group) is 1. The number of carbonyl (C=O) groups is 2. The zero-order valence-electron chi connectivity index (χ0n) is 13.0. The summed E-state index contributed by atoms with van der Waals surface area (Å²) in [5, 5.41) is 11.9. The number of fused-ring (bicyclic) bond motifs is 2. The third-order valence-corrected chi connectivity index (χ3v) is 4.88. The maximum atomic E-state index is 12.3. The van der Waals surface area contributed by atoms with Crippen LogP contribution in [0.1, 0.15) is 45.4 Å². The Morgan fingerprint density at radius 3 is 2.67 bits per heavy atom. The van der Waals surface area contributed by atoms with Crippen molar-refractivity contribution < 1.29 is 14.7 Å². The lowest BCUT2D eigenvalue weighted by Gasteiger charge is -2.27. The molecule has 0 aromatic rings. The predicted molar refractivity (Wildman–Crippen MR) is 80.2 cm³/mol. The van der Waals surface area contributed by atoms with Gasteiger partial charge in [0.25, 0.3) is 0 Å². The second-order valence-electron chi connectivity index (χ2n) is 6.27. The molecule has 6 heteroatoms. The Balaban J connectivity index is 1.91. The van der Waals surface area contributed by atoms with Gasteiger partial charge in [0.15, 0.2) is 0 Å². The van der Waals surface area contributed by atoms with E-state index < -0.39 is 12.0 Å². The number of unbranched alkanes of at least 4 members (excludes halogenated alkanes) is 1. The van der Waals surface area contributed by atoms with E-state index >= 15 is 0 Å². The molecule has 2 saturated heterocycles. The van der Waals surface area contributed by atoms with Crippen LogP contribution in [0.4, 0.5) is 4.79 Å². The molecule has 6 nitrogen and oxygen atoms in total. The van der Waals surface area contributed by atoms with Crippen molar-refractivity contribution in [2.75, 3.05) is 20.1 Å². The summed E-state index contributed by atoms with van der Waals surface area (Å²) >= 11 is 0. The third kappa shape index (κ3) is 3.87. The molecule has 2 unspecified atom stereocenters. The number of nitrogens with zero attached hydrogens (tertiary/aromatic N) is 2. The van der Waals surface area contributed by atoms with Gasteiger partial charge in [-0.05, 0) is 32.7 Å². The number of likely N-dealkylation sites (tertiary alicyclic amines) is 1. The molecule has 3 atom stereocenters. The maximum Gasteiger partial charge on any atom is 0.326 e. The number of amides is 2. The van der Waals surface area contributed by atoms with E-state index in [1.165, 1.54) is 6.42 Å². The summed E-state index contributed by atoms with van der Waals surface area (Å²) in [6.07, 6.45) is 5.56. The zero-order valence-corrected chi connectivity index (χ0v) is 13.0. The molecular formula is C15H27N3O3. The number of carbonyl (C=O) groups excluding carboxylic acids is 1. The van der Waals surface area contributed by atoms with Gasteiger partial charge in [-0.15, -0.1) is 0 Å². The van der Waals surface area contributed by atoms with Crippen molar-refractivity contribution in [3.05, 3.63) is 0 Å². The Labute approximate surface area is 126 Å². The Kier molecular flexibility index (Phi) is 5.45. The summed E-state index contributed by atoms with van der Waals surface area (Å²) in [5.41, 5.74) is 0. The van der Waals surface area contributed by atoms with Crippen LogP contribution in [0.5, 0.6) is 0 Å². The van der Waals surface area contributed by atoms with Gasteiger partial charge in [-0.2, -0.15) is 0 Å². The van der Waals surface area contributed by atoms with Gasteiger partial charge in [0.05, 0.1) is 0 Å². The predicted octanol–water partition coefficient (Wildman–Crippen LogP) is 1.51. The van der Waals surface area contributed by atoms with E-state index in [9.17, 15) is 14.7 Å². The molecule has 2 fully saturated rings. The van der Waals surface area contributed by atoms with E-state index in [1.807, 2.05) is 6.92 Å². The number of hydrogen-bond donors (Lipinski definition) is 2. The van der Waals surface area contributed by atoms with Crippen molar-refractivity contribution in [1.29, 1.82) is 0 Å². The lowest BCUT2D eigenvalue weighted by molar-refractivity contribution is -0.139. The third-order valence-electron chi connectivity index (χ3n) is 4.88. The lowest BCUT2D eigenvalue weighted by atomic mass is 10.1. The molecule has 120 valence electrons. The van der Waals surface area contributed by atoms with Gasteiger partial charge in [0, 0.05) is 25.2 Å². The Morgan fingerprint density at radius 1 is 1.29 bits per heavy atom. The number of hydrogen-bond acceptors (Lipinski definition) is 3.